The normalized spacial score (nSPS) is 18.1. The molecule has 1 saturated heterocycles. The quantitative estimate of drug-likeness (QED) is 0.732. The molecule has 156 valence electrons. The van der Waals surface area contributed by atoms with E-state index in [-0.39, 0.29) is 30.5 Å². The molecule has 1 atom stereocenters. The summed E-state index contributed by atoms with van der Waals surface area (Å²) < 4.78 is 5.53. The third-order valence-electron chi connectivity index (χ3n) is 4.27. The van der Waals surface area contributed by atoms with Crippen LogP contribution in [0.4, 0.5) is 9.59 Å². The molecule has 0 bridgehead atoms. The molecule has 0 aromatic rings. The van der Waals surface area contributed by atoms with E-state index in [4.69, 9.17) is 4.74 Å². The number of carbonyl (C=O) groups excluding carboxylic acids is 3. The number of piperidine rings is 1. The molecule has 8 heteroatoms. The summed E-state index contributed by atoms with van der Waals surface area (Å²) in [5, 5.41) is 4.88. The first-order valence-corrected chi connectivity index (χ1v) is 9.81. The third kappa shape index (κ3) is 9.08. The highest BCUT2D eigenvalue weighted by Crippen LogP contribution is 2.20. The zero-order valence-electron chi connectivity index (χ0n) is 17.6. The first-order valence-electron chi connectivity index (χ1n) is 9.81. The fraction of sp³-hybridized carbons (Fsp3) is 0.842. The van der Waals surface area contributed by atoms with E-state index < -0.39 is 11.6 Å². The summed E-state index contributed by atoms with van der Waals surface area (Å²) in [6.07, 6.45) is 1.66. The first kappa shape index (κ1) is 23.2. The van der Waals surface area contributed by atoms with Gasteiger partial charge >= 0.3 is 12.1 Å². The number of hydrogen-bond acceptors (Lipinski definition) is 5. The number of rotatable bonds is 6. The molecule has 1 aliphatic rings. The lowest BCUT2D eigenvalue weighted by Gasteiger charge is -2.37. The highest BCUT2D eigenvalue weighted by atomic mass is 16.6. The van der Waals surface area contributed by atoms with E-state index in [0.29, 0.717) is 13.1 Å². The van der Waals surface area contributed by atoms with E-state index >= 15 is 0 Å². The number of ether oxygens (including phenoxy) is 1. The molecule has 0 saturated carbocycles. The topological polar surface area (TPSA) is 91.0 Å². The van der Waals surface area contributed by atoms with Crippen molar-refractivity contribution >= 4 is 18.0 Å². The number of nitrogens with zero attached hydrogens (tertiary/aromatic N) is 2. The second-order valence-electron chi connectivity index (χ2n) is 8.38. The number of imide groups is 1. The Kier molecular flexibility index (Phi) is 9.02. The summed E-state index contributed by atoms with van der Waals surface area (Å²) in [5.41, 5.74) is -0.528. The summed E-state index contributed by atoms with van der Waals surface area (Å²) in [7, 11) is 0. The van der Waals surface area contributed by atoms with Gasteiger partial charge in [-0.25, -0.2) is 9.59 Å². The molecule has 1 aliphatic heterocycles. The number of nitrogens with one attached hydrogen (secondary N) is 2. The van der Waals surface area contributed by atoms with Crippen molar-refractivity contribution in [2.75, 3.05) is 32.7 Å². The molecule has 8 nitrogen and oxygen atoms in total. The van der Waals surface area contributed by atoms with Crippen LogP contribution >= 0.6 is 0 Å². The molecule has 0 aromatic carbocycles. The van der Waals surface area contributed by atoms with Gasteiger partial charge in [0.05, 0.1) is 6.54 Å². The molecular formula is C19H36N4O4. The first-order chi connectivity index (χ1) is 12.5. The minimum absolute atomic E-state index is 0.0382. The zero-order valence-corrected chi connectivity index (χ0v) is 17.6. The summed E-state index contributed by atoms with van der Waals surface area (Å²) in [4.78, 5) is 39.7. The predicted molar refractivity (Wildman–Crippen MR) is 104 cm³/mol. The van der Waals surface area contributed by atoms with Gasteiger partial charge in [0.25, 0.3) is 0 Å². The van der Waals surface area contributed by atoms with Crippen LogP contribution in [-0.2, 0) is 9.53 Å². The van der Waals surface area contributed by atoms with Gasteiger partial charge < -0.3 is 15.0 Å². The number of likely N-dealkylation sites (tertiary alicyclic amines) is 1. The summed E-state index contributed by atoms with van der Waals surface area (Å²) in [5.74, 6) is -0.0413. The molecule has 0 unspecified atom stereocenters. The van der Waals surface area contributed by atoms with Crippen molar-refractivity contribution in [3.8, 4) is 0 Å². The molecule has 0 aliphatic carbocycles. The molecule has 1 rings (SSSR count). The average molecular weight is 385 g/mol. The Morgan fingerprint density at radius 3 is 2.48 bits per heavy atom. The van der Waals surface area contributed by atoms with Crippen molar-refractivity contribution in [3.05, 3.63) is 0 Å². The molecule has 0 radical (unpaired) electrons. The Labute approximate surface area is 163 Å². The van der Waals surface area contributed by atoms with E-state index in [9.17, 15) is 14.4 Å². The zero-order chi connectivity index (χ0) is 20.6. The van der Waals surface area contributed by atoms with Crippen molar-refractivity contribution in [2.24, 2.45) is 5.92 Å². The average Bonchev–Trinajstić information content (AvgIpc) is 2.50. The van der Waals surface area contributed by atoms with Crippen molar-refractivity contribution in [1.82, 2.24) is 20.4 Å². The SMILES string of the molecule is CCNC(=O)NC(=O)CN1CCC[C@@H](CN(C(=O)OC(C)(C)C)C(C)C)C1. The number of hydrogen-bond donors (Lipinski definition) is 2. The highest BCUT2D eigenvalue weighted by Gasteiger charge is 2.29. The molecule has 0 spiro atoms. The van der Waals surface area contributed by atoms with Crippen LogP contribution in [0.3, 0.4) is 0 Å². The van der Waals surface area contributed by atoms with Gasteiger partial charge in [0, 0.05) is 25.7 Å². The smallest absolute Gasteiger partial charge is 0.410 e. The van der Waals surface area contributed by atoms with Crippen molar-refractivity contribution in [3.63, 3.8) is 0 Å². The third-order valence-corrected chi connectivity index (χ3v) is 4.27. The summed E-state index contributed by atoms with van der Waals surface area (Å²) >= 11 is 0. The predicted octanol–water partition coefficient (Wildman–Crippen LogP) is 2.19. The maximum Gasteiger partial charge on any atom is 0.410 e. The van der Waals surface area contributed by atoms with Crippen LogP contribution in [0, 0.1) is 5.92 Å². The van der Waals surface area contributed by atoms with Crippen LogP contribution in [0.1, 0.15) is 54.4 Å². The van der Waals surface area contributed by atoms with E-state index in [2.05, 4.69) is 10.6 Å². The van der Waals surface area contributed by atoms with Gasteiger partial charge in [0.1, 0.15) is 5.60 Å². The molecule has 0 aromatic heterocycles. The Bertz CT molecular complexity index is 516. The molecule has 27 heavy (non-hydrogen) atoms. The Morgan fingerprint density at radius 2 is 1.93 bits per heavy atom. The van der Waals surface area contributed by atoms with Crippen molar-refractivity contribution in [2.45, 2.75) is 66.0 Å². The van der Waals surface area contributed by atoms with E-state index in [1.54, 1.807) is 11.8 Å². The Hall–Kier alpha value is -1.83. The minimum atomic E-state index is -0.528. The summed E-state index contributed by atoms with van der Waals surface area (Å²) in [6.45, 7) is 14.1. The Balaban J connectivity index is 2.58. The van der Waals surface area contributed by atoms with E-state index in [1.165, 1.54) is 0 Å². The van der Waals surface area contributed by atoms with E-state index in [0.717, 1.165) is 25.9 Å². The number of amides is 4. The maximum absolute atomic E-state index is 12.5. The van der Waals surface area contributed by atoms with Crippen LogP contribution in [0.2, 0.25) is 0 Å². The fourth-order valence-corrected chi connectivity index (χ4v) is 3.11. The lowest BCUT2D eigenvalue weighted by molar-refractivity contribution is -0.121. The van der Waals surface area contributed by atoms with Gasteiger partial charge in [0.15, 0.2) is 0 Å². The van der Waals surface area contributed by atoms with Gasteiger partial charge in [-0.2, -0.15) is 0 Å². The van der Waals surface area contributed by atoms with Crippen LogP contribution in [0.5, 0.6) is 0 Å². The lowest BCUT2D eigenvalue weighted by atomic mass is 9.97. The van der Waals surface area contributed by atoms with Gasteiger partial charge in [-0.15, -0.1) is 0 Å². The highest BCUT2D eigenvalue weighted by molar-refractivity contribution is 5.95. The molecule has 2 N–H and O–H groups in total. The van der Waals surface area contributed by atoms with Crippen molar-refractivity contribution in [1.29, 1.82) is 0 Å². The van der Waals surface area contributed by atoms with Gasteiger partial charge in [-0.05, 0) is 66.8 Å². The van der Waals surface area contributed by atoms with Gasteiger partial charge in [0.2, 0.25) is 5.91 Å². The van der Waals surface area contributed by atoms with Crippen LogP contribution in [-0.4, -0.2) is 72.2 Å². The largest absolute Gasteiger partial charge is 0.444 e. The monoisotopic (exact) mass is 384 g/mol. The molecule has 4 amide bonds. The van der Waals surface area contributed by atoms with Crippen LogP contribution in [0.25, 0.3) is 0 Å². The summed E-state index contributed by atoms with van der Waals surface area (Å²) in [6, 6.07) is -0.428. The van der Waals surface area contributed by atoms with Crippen molar-refractivity contribution < 1.29 is 19.1 Å². The Morgan fingerprint density at radius 1 is 1.26 bits per heavy atom. The van der Waals surface area contributed by atoms with Crippen LogP contribution < -0.4 is 10.6 Å². The number of urea groups is 1. The molecule has 1 fully saturated rings. The fourth-order valence-electron chi connectivity index (χ4n) is 3.11. The van der Waals surface area contributed by atoms with Gasteiger partial charge in [-0.1, -0.05) is 0 Å². The minimum Gasteiger partial charge on any atom is -0.444 e. The maximum atomic E-state index is 12.5. The molecular weight excluding hydrogens is 348 g/mol. The van der Waals surface area contributed by atoms with Crippen LogP contribution in [0.15, 0.2) is 0 Å². The van der Waals surface area contributed by atoms with Gasteiger partial charge in [-0.3, -0.25) is 15.0 Å². The standard InChI is InChI=1S/C19H36N4O4/c1-7-20-17(25)21-16(24)13-22-10-8-9-15(11-22)12-23(14(2)3)18(26)27-19(4,5)6/h14-15H,7-13H2,1-6H3,(H2,20,21,24,25)/t15-/m1/s1. The number of carbonyl (C=O) groups is 3. The molecule has 1 heterocycles. The second-order valence-corrected chi connectivity index (χ2v) is 8.38. The second kappa shape index (κ2) is 10.5. The van der Waals surface area contributed by atoms with E-state index in [1.807, 2.05) is 39.5 Å². The lowest BCUT2D eigenvalue weighted by Crippen LogP contribution is -2.49.